The van der Waals surface area contributed by atoms with E-state index in [1.54, 1.807) is 0 Å². The first kappa shape index (κ1) is 17.7. The molecule has 0 heterocycles. The molecule has 1 saturated carbocycles. The van der Waals surface area contributed by atoms with E-state index in [-0.39, 0.29) is 11.8 Å². The van der Waals surface area contributed by atoms with Gasteiger partial charge in [0.2, 0.25) is 0 Å². The Bertz CT molecular complexity index is 475. The van der Waals surface area contributed by atoms with Crippen LogP contribution < -0.4 is 0 Å². The van der Waals surface area contributed by atoms with Gasteiger partial charge in [-0.3, -0.25) is 9.59 Å². The molecule has 0 radical (unpaired) electrons. The fourth-order valence-corrected chi connectivity index (χ4v) is 3.21. The average Bonchev–Trinajstić information content (AvgIpc) is 2.61. The van der Waals surface area contributed by atoms with Gasteiger partial charge in [0.25, 0.3) is 0 Å². The minimum Gasteiger partial charge on any atom is -0.466 e. The van der Waals surface area contributed by atoms with Crippen LogP contribution in [0.1, 0.15) is 74.6 Å². The number of benzene rings is 1. The lowest BCUT2D eigenvalue weighted by atomic mass is 9.86. The quantitative estimate of drug-likeness (QED) is 0.368. The summed E-state index contributed by atoms with van der Waals surface area (Å²) in [6.07, 6.45) is 10.1. The van der Waals surface area contributed by atoms with Gasteiger partial charge >= 0.3 is 5.97 Å². The molecule has 0 unspecified atom stereocenters. The third-order valence-electron chi connectivity index (χ3n) is 4.64. The highest BCUT2D eigenvalue weighted by Crippen LogP contribution is 2.27. The number of rotatable bonds is 9. The molecule has 3 heteroatoms. The van der Waals surface area contributed by atoms with Crippen molar-refractivity contribution < 1.29 is 14.3 Å². The smallest absolute Gasteiger partial charge is 0.305 e. The molecule has 1 aliphatic carbocycles. The first-order valence-electron chi connectivity index (χ1n) is 8.99. The van der Waals surface area contributed by atoms with Gasteiger partial charge in [0.1, 0.15) is 0 Å². The monoisotopic (exact) mass is 316 g/mol. The topological polar surface area (TPSA) is 43.4 Å². The molecule has 0 saturated heterocycles. The number of hydrogen-bond donors (Lipinski definition) is 0. The van der Waals surface area contributed by atoms with Crippen LogP contribution in [0.4, 0.5) is 0 Å². The van der Waals surface area contributed by atoms with Crippen LogP contribution in [0.25, 0.3) is 0 Å². The SMILES string of the molecule is O=C(CCC1CCCCC1)OCCCCC(=O)c1ccccc1. The van der Waals surface area contributed by atoms with Gasteiger partial charge in [0.15, 0.2) is 5.78 Å². The number of esters is 1. The lowest BCUT2D eigenvalue weighted by Gasteiger charge is -2.20. The molecule has 1 aliphatic rings. The van der Waals surface area contributed by atoms with Crippen molar-refractivity contribution in [3.05, 3.63) is 35.9 Å². The Morgan fingerprint density at radius 3 is 2.43 bits per heavy atom. The number of hydrogen-bond acceptors (Lipinski definition) is 3. The summed E-state index contributed by atoms with van der Waals surface area (Å²) in [5, 5.41) is 0. The highest BCUT2D eigenvalue weighted by molar-refractivity contribution is 5.95. The zero-order valence-electron chi connectivity index (χ0n) is 14.0. The maximum absolute atomic E-state index is 11.9. The summed E-state index contributed by atoms with van der Waals surface area (Å²) in [6.45, 7) is 0.436. The molecule has 2 rings (SSSR count). The fourth-order valence-electron chi connectivity index (χ4n) is 3.21. The van der Waals surface area contributed by atoms with Gasteiger partial charge in [0, 0.05) is 18.4 Å². The molecule has 1 fully saturated rings. The Morgan fingerprint density at radius 1 is 0.957 bits per heavy atom. The minimum absolute atomic E-state index is 0.0787. The van der Waals surface area contributed by atoms with Gasteiger partial charge < -0.3 is 4.74 Å². The molecule has 0 aromatic heterocycles. The predicted octanol–water partition coefficient (Wildman–Crippen LogP) is 4.94. The first-order valence-corrected chi connectivity index (χ1v) is 8.99. The van der Waals surface area contributed by atoms with E-state index in [4.69, 9.17) is 4.74 Å². The second kappa shape index (κ2) is 10.2. The summed E-state index contributed by atoms with van der Waals surface area (Å²) in [5.41, 5.74) is 0.761. The van der Waals surface area contributed by atoms with Crippen LogP contribution >= 0.6 is 0 Å². The highest BCUT2D eigenvalue weighted by atomic mass is 16.5. The van der Waals surface area contributed by atoms with E-state index in [1.807, 2.05) is 30.3 Å². The van der Waals surface area contributed by atoms with Crippen LogP contribution in [0.5, 0.6) is 0 Å². The van der Waals surface area contributed by atoms with Gasteiger partial charge in [-0.2, -0.15) is 0 Å². The van der Waals surface area contributed by atoms with Crippen molar-refractivity contribution in [1.29, 1.82) is 0 Å². The molecule has 1 aromatic carbocycles. The van der Waals surface area contributed by atoms with Crippen molar-refractivity contribution in [2.45, 2.75) is 64.2 Å². The van der Waals surface area contributed by atoms with E-state index in [2.05, 4.69) is 0 Å². The van der Waals surface area contributed by atoms with E-state index >= 15 is 0 Å². The molecule has 3 nitrogen and oxygen atoms in total. The summed E-state index contributed by atoms with van der Waals surface area (Å²) in [6, 6.07) is 9.34. The Kier molecular flexibility index (Phi) is 7.85. The standard InChI is InChI=1S/C20H28O3/c21-19(18-11-5-2-6-12-18)13-7-8-16-23-20(22)15-14-17-9-3-1-4-10-17/h2,5-6,11-12,17H,1,3-4,7-10,13-16H2. The van der Waals surface area contributed by atoms with E-state index in [9.17, 15) is 9.59 Å². The van der Waals surface area contributed by atoms with E-state index in [0.717, 1.165) is 30.7 Å². The molecule has 0 amide bonds. The van der Waals surface area contributed by atoms with Crippen molar-refractivity contribution in [2.75, 3.05) is 6.61 Å². The summed E-state index contributed by atoms with van der Waals surface area (Å²) >= 11 is 0. The van der Waals surface area contributed by atoms with Gasteiger partial charge in [0.05, 0.1) is 6.61 Å². The maximum Gasteiger partial charge on any atom is 0.305 e. The van der Waals surface area contributed by atoms with Crippen molar-refractivity contribution in [2.24, 2.45) is 5.92 Å². The van der Waals surface area contributed by atoms with Crippen molar-refractivity contribution in [3.63, 3.8) is 0 Å². The Hall–Kier alpha value is -1.64. The normalized spacial score (nSPS) is 15.3. The van der Waals surface area contributed by atoms with E-state index in [1.165, 1.54) is 32.1 Å². The fraction of sp³-hybridized carbons (Fsp3) is 0.600. The third-order valence-corrected chi connectivity index (χ3v) is 4.64. The van der Waals surface area contributed by atoms with E-state index in [0.29, 0.717) is 19.4 Å². The zero-order chi connectivity index (χ0) is 16.3. The minimum atomic E-state index is -0.0787. The summed E-state index contributed by atoms with van der Waals surface area (Å²) in [7, 11) is 0. The van der Waals surface area contributed by atoms with Crippen LogP contribution in [0.2, 0.25) is 0 Å². The molecule has 0 atom stereocenters. The molecular weight excluding hydrogens is 288 g/mol. The van der Waals surface area contributed by atoms with Gasteiger partial charge in [-0.05, 0) is 25.2 Å². The number of ether oxygens (including phenoxy) is 1. The molecule has 23 heavy (non-hydrogen) atoms. The van der Waals surface area contributed by atoms with Gasteiger partial charge in [-0.25, -0.2) is 0 Å². The lowest BCUT2D eigenvalue weighted by molar-refractivity contribution is -0.144. The van der Waals surface area contributed by atoms with Crippen LogP contribution in [0, 0.1) is 5.92 Å². The summed E-state index contributed by atoms with van der Waals surface area (Å²) < 4.78 is 5.27. The first-order chi connectivity index (χ1) is 11.3. The number of ketones is 1. The van der Waals surface area contributed by atoms with Crippen molar-refractivity contribution in [1.82, 2.24) is 0 Å². The second-order valence-corrected chi connectivity index (χ2v) is 6.51. The number of carbonyl (C=O) groups excluding carboxylic acids is 2. The Balaban J connectivity index is 1.49. The van der Waals surface area contributed by atoms with Gasteiger partial charge in [-0.1, -0.05) is 62.4 Å². The third kappa shape index (κ3) is 6.98. The highest BCUT2D eigenvalue weighted by Gasteiger charge is 2.15. The second-order valence-electron chi connectivity index (χ2n) is 6.51. The molecule has 0 N–H and O–H groups in total. The van der Waals surface area contributed by atoms with Gasteiger partial charge in [-0.15, -0.1) is 0 Å². The molecule has 0 aliphatic heterocycles. The summed E-state index contributed by atoms with van der Waals surface area (Å²) in [5.74, 6) is 0.805. The van der Waals surface area contributed by atoms with E-state index < -0.39 is 0 Å². The number of carbonyl (C=O) groups is 2. The number of Topliss-reactive ketones (excluding diaryl/α,β-unsaturated/α-hetero) is 1. The molecular formula is C20H28O3. The van der Waals surface area contributed by atoms with Crippen molar-refractivity contribution in [3.8, 4) is 0 Å². The molecule has 1 aromatic rings. The van der Waals surface area contributed by atoms with Crippen LogP contribution in [-0.2, 0) is 9.53 Å². The van der Waals surface area contributed by atoms with Crippen LogP contribution in [-0.4, -0.2) is 18.4 Å². The lowest BCUT2D eigenvalue weighted by Crippen LogP contribution is -2.11. The largest absolute Gasteiger partial charge is 0.466 e. The van der Waals surface area contributed by atoms with Crippen molar-refractivity contribution >= 4 is 11.8 Å². The number of unbranched alkanes of at least 4 members (excludes halogenated alkanes) is 1. The average molecular weight is 316 g/mol. The molecule has 0 bridgehead atoms. The maximum atomic E-state index is 11.9. The Labute approximate surface area is 139 Å². The van der Waals surface area contributed by atoms with Crippen LogP contribution in [0.15, 0.2) is 30.3 Å². The predicted molar refractivity (Wildman–Crippen MR) is 91.4 cm³/mol. The van der Waals surface area contributed by atoms with Crippen LogP contribution in [0.3, 0.4) is 0 Å². The Morgan fingerprint density at radius 2 is 1.70 bits per heavy atom. The molecule has 126 valence electrons. The zero-order valence-corrected chi connectivity index (χ0v) is 14.0. The summed E-state index contributed by atoms with van der Waals surface area (Å²) in [4.78, 5) is 23.6. The molecule has 0 spiro atoms.